The number of piperazine rings is 1. The molecule has 1 aliphatic heterocycles. The fourth-order valence-electron chi connectivity index (χ4n) is 1.64. The zero-order chi connectivity index (χ0) is 9.19. The Balaban J connectivity index is 0.00000144. The molecule has 4 heteroatoms. The fourth-order valence-corrected chi connectivity index (χ4v) is 1.64. The summed E-state index contributed by atoms with van der Waals surface area (Å²) in [7, 11) is 0. The highest BCUT2D eigenvalue weighted by molar-refractivity contribution is 5.85. The molecule has 0 unspecified atom stereocenters. The lowest BCUT2D eigenvalue weighted by atomic mass is 10.0. The molecule has 80 valence electrons. The first-order valence-corrected chi connectivity index (χ1v) is 4.73. The van der Waals surface area contributed by atoms with Gasteiger partial charge in [-0.25, -0.2) is 0 Å². The molecule has 3 nitrogen and oxygen atoms in total. The van der Waals surface area contributed by atoms with E-state index < -0.39 is 0 Å². The minimum Gasteiger partial charge on any atom is -0.324 e. The molecule has 0 spiro atoms. The van der Waals surface area contributed by atoms with Gasteiger partial charge in [-0.3, -0.25) is 4.90 Å². The Morgan fingerprint density at radius 1 is 1.54 bits per heavy atom. The lowest BCUT2D eigenvalue weighted by Crippen LogP contribution is -2.55. The zero-order valence-corrected chi connectivity index (χ0v) is 9.66. The molecule has 1 rings (SSSR count). The van der Waals surface area contributed by atoms with Crippen LogP contribution in [0, 0.1) is 0 Å². The minimum atomic E-state index is -0.0639. The van der Waals surface area contributed by atoms with Gasteiger partial charge in [0.25, 0.3) is 0 Å². The SMILES string of the molecule is C[C@H]1CNCCN1CC(C)(C)N.Cl. The van der Waals surface area contributed by atoms with Gasteiger partial charge in [-0.15, -0.1) is 12.4 Å². The summed E-state index contributed by atoms with van der Waals surface area (Å²) in [6.45, 7) is 10.7. The van der Waals surface area contributed by atoms with Crippen LogP contribution in [-0.4, -0.2) is 42.7 Å². The van der Waals surface area contributed by atoms with E-state index in [-0.39, 0.29) is 17.9 Å². The first-order valence-electron chi connectivity index (χ1n) is 4.73. The summed E-state index contributed by atoms with van der Waals surface area (Å²) < 4.78 is 0. The number of halogens is 1. The van der Waals surface area contributed by atoms with Gasteiger partial charge in [-0.05, 0) is 20.8 Å². The highest BCUT2D eigenvalue weighted by Gasteiger charge is 2.22. The largest absolute Gasteiger partial charge is 0.324 e. The standard InChI is InChI=1S/C9H21N3.ClH/c1-8-6-11-4-5-12(8)7-9(2,3)10;/h8,11H,4-7,10H2,1-3H3;1H/t8-;/m0./s1. The smallest absolute Gasteiger partial charge is 0.0226 e. The Morgan fingerprint density at radius 2 is 2.15 bits per heavy atom. The van der Waals surface area contributed by atoms with Crippen molar-refractivity contribution < 1.29 is 0 Å². The van der Waals surface area contributed by atoms with E-state index in [1.54, 1.807) is 0 Å². The maximum absolute atomic E-state index is 5.97. The van der Waals surface area contributed by atoms with Crippen LogP contribution < -0.4 is 11.1 Å². The Hall–Kier alpha value is 0.170. The van der Waals surface area contributed by atoms with Crippen LogP contribution in [0.4, 0.5) is 0 Å². The zero-order valence-electron chi connectivity index (χ0n) is 8.84. The molecule has 1 heterocycles. The number of hydrogen-bond acceptors (Lipinski definition) is 3. The molecule has 0 aliphatic carbocycles. The second-order valence-corrected chi connectivity index (χ2v) is 4.51. The van der Waals surface area contributed by atoms with Crippen molar-refractivity contribution in [3.8, 4) is 0 Å². The Morgan fingerprint density at radius 3 is 2.62 bits per heavy atom. The first-order chi connectivity index (χ1) is 5.49. The predicted molar refractivity (Wildman–Crippen MR) is 59.4 cm³/mol. The summed E-state index contributed by atoms with van der Waals surface area (Å²) in [5.74, 6) is 0. The van der Waals surface area contributed by atoms with E-state index in [4.69, 9.17) is 5.73 Å². The van der Waals surface area contributed by atoms with E-state index in [1.165, 1.54) is 0 Å². The van der Waals surface area contributed by atoms with Crippen LogP contribution >= 0.6 is 12.4 Å². The van der Waals surface area contributed by atoms with Crippen LogP contribution in [0.25, 0.3) is 0 Å². The maximum atomic E-state index is 5.97. The third-order valence-electron chi connectivity index (χ3n) is 2.25. The molecule has 1 aliphatic rings. The van der Waals surface area contributed by atoms with Crippen molar-refractivity contribution in [1.82, 2.24) is 10.2 Å². The van der Waals surface area contributed by atoms with Crippen LogP contribution in [0.2, 0.25) is 0 Å². The molecular formula is C9H22ClN3. The average molecular weight is 208 g/mol. The molecule has 3 N–H and O–H groups in total. The van der Waals surface area contributed by atoms with Gasteiger partial charge < -0.3 is 11.1 Å². The molecule has 1 fully saturated rings. The summed E-state index contributed by atoms with van der Waals surface area (Å²) in [4.78, 5) is 2.45. The molecule has 0 amide bonds. The van der Waals surface area contributed by atoms with Gasteiger partial charge in [0, 0.05) is 37.8 Å². The summed E-state index contributed by atoms with van der Waals surface area (Å²) in [6, 6.07) is 0.626. The van der Waals surface area contributed by atoms with Gasteiger partial charge in [-0.2, -0.15) is 0 Å². The van der Waals surface area contributed by atoms with Gasteiger partial charge in [0.1, 0.15) is 0 Å². The van der Waals surface area contributed by atoms with E-state index >= 15 is 0 Å². The lowest BCUT2D eigenvalue weighted by Gasteiger charge is -2.37. The molecule has 1 atom stereocenters. The van der Waals surface area contributed by atoms with E-state index in [1.807, 2.05) is 0 Å². The predicted octanol–water partition coefficient (Wildman–Crippen LogP) is 0.439. The van der Waals surface area contributed by atoms with Crippen molar-refractivity contribution in [3.63, 3.8) is 0 Å². The highest BCUT2D eigenvalue weighted by atomic mass is 35.5. The van der Waals surface area contributed by atoms with Crippen LogP contribution in [0.1, 0.15) is 20.8 Å². The molecule has 0 aromatic heterocycles. The van der Waals surface area contributed by atoms with Crippen molar-refractivity contribution in [2.24, 2.45) is 5.73 Å². The first kappa shape index (κ1) is 13.2. The third kappa shape index (κ3) is 4.81. The fraction of sp³-hybridized carbons (Fsp3) is 1.00. The van der Waals surface area contributed by atoms with Crippen molar-refractivity contribution in [1.29, 1.82) is 0 Å². The lowest BCUT2D eigenvalue weighted by molar-refractivity contribution is 0.145. The number of nitrogens with one attached hydrogen (secondary N) is 1. The van der Waals surface area contributed by atoms with E-state index in [2.05, 4.69) is 31.0 Å². The molecule has 0 aromatic carbocycles. The second kappa shape index (κ2) is 5.15. The van der Waals surface area contributed by atoms with Gasteiger partial charge in [-0.1, -0.05) is 0 Å². The number of nitrogens with two attached hydrogens (primary N) is 1. The van der Waals surface area contributed by atoms with Crippen LogP contribution in [0.5, 0.6) is 0 Å². The molecular weight excluding hydrogens is 186 g/mol. The average Bonchev–Trinajstić information content (AvgIpc) is 1.91. The highest BCUT2D eigenvalue weighted by Crippen LogP contribution is 2.07. The van der Waals surface area contributed by atoms with Gasteiger partial charge in [0.2, 0.25) is 0 Å². The molecule has 13 heavy (non-hydrogen) atoms. The van der Waals surface area contributed by atoms with Crippen molar-refractivity contribution >= 4 is 12.4 Å². The molecule has 0 aromatic rings. The Bertz CT molecular complexity index is 144. The Kier molecular flexibility index (Phi) is 5.22. The van der Waals surface area contributed by atoms with E-state index in [0.717, 1.165) is 26.2 Å². The Labute approximate surface area is 87.5 Å². The number of nitrogens with zero attached hydrogens (tertiary/aromatic N) is 1. The van der Waals surface area contributed by atoms with Crippen molar-refractivity contribution in [2.75, 3.05) is 26.2 Å². The topological polar surface area (TPSA) is 41.3 Å². The van der Waals surface area contributed by atoms with Gasteiger partial charge in [0.05, 0.1) is 0 Å². The van der Waals surface area contributed by atoms with E-state index in [9.17, 15) is 0 Å². The molecule has 1 saturated heterocycles. The van der Waals surface area contributed by atoms with Crippen LogP contribution in [0.15, 0.2) is 0 Å². The van der Waals surface area contributed by atoms with Crippen LogP contribution in [-0.2, 0) is 0 Å². The quantitative estimate of drug-likeness (QED) is 0.691. The normalized spacial score (nSPS) is 25.4. The second-order valence-electron chi connectivity index (χ2n) is 4.51. The maximum Gasteiger partial charge on any atom is 0.0226 e. The van der Waals surface area contributed by atoms with Crippen molar-refractivity contribution in [3.05, 3.63) is 0 Å². The summed E-state index contributed by atoms with van der Waals surface area (Å²) in [5, 5.41) is 3.37. The molecule has 0 bridgehead atoms. The summed E-state index contributed by atoms with van der Waals surface area (Å²) in [5.41, 5.74) is 5.90. The van der Waals surface area contributed by atoms with Crippen molar-refractivity contribution in [2.45, 2.75) is 32.4 Å². The van der Waals surface area contributed by atoms with Crippen LogP contribution in [0.3, 0.4) is 0 Å². The van der Waals surface area contributed by atoms with E-state index in [0.29, 0.717) is 6.04 Å². The summed E-state index contributed by atoms with van der Waals surface area (Å²) in [6.07, 6.45) is 0. The van der Waals surface area contributed by atoms with Gasteiger partial charge >= 0.3 is 0 Å². The monoisotopic (exact) mass is 207 g/mol. The summed E-state index contributed by atoms with van der Waals surface area (Å²) >= 11 is 0. The van der Waals surface area contributed by atoms with Gasteiger partial charge in [0.15, 0.2) is 0 Å². The molecule has 0 radical (unpaired) electrons. The number of rotatable bonds is 2. The minimum absolute atomic E-state index is 0. The third-order valence-corrected chi connectivity index (χ3v) is 2.25. The number of hydrogen-bond donors (Lipinski definition) is 2. The molecule has 0 saturated carbocycles.